The Balaban J connectivity index is 0.000000204. The molecule has 0 saturated heterocycles. The van der Waals surface area contributed by atoms with Crippen LogP contribution in [0.5, 0.6) is 0 Å². The van der Waals surface area contributed by atoms with E-state index in [9.17, 15) is 4.79 Å². The number of aldehydes is 1. The van der Waals surface area contributed by atoms with Crippen molar-refractivity contribution >= 4 is 12.4 Å². The van der Waals surface area contributed by atoms with Gasteiger partial charge in [-0.15, -0.1) is 0 Å². The number of hydrogen-bond donors (Lipinski definition) is 0. The lowest BCUT2D eigenvalue weighted by Crippen LogP contribution is -1.96. The molecule has 0 saturated carbocycles. The third-order valence-electron chi connectivity index (χ3n) is 2.99. The first-order valence-corrected chi connectivity index (χ1v) is 6.99. The van der Waals surface area contributed by atoms with Gasteiger partial charge in [-0.2, -0.15) is 0 Å². The third kappa shape index (κ3) is 5.66. The van der Waals surface area contributed by atoms with E-state index in [4.69, 9.17) is 0 Å². The Labute approximate surface area is 122 Å². The van der Waals surface area contributed by atoms with Gasteiger partial charge in [-0.3, -0.25) is 0 Å². The van der Waals surface area contributed by atoms with Crippen LogP contribution in [0.2, 0.25) is 0 Å². The second kappa shape index (κ2) is 9.74. The van der Waals surface area contributed by atoms with Gasteiger partial charge in [0.1, 0.15) is 6.29 Å². The fraction of sp³-hybridized carbons (Fsp3) is 0.211. The molecule has 1 atom stereocenters. The minimum Gasteiger partial charge on any atom is -0.303 e. The Morgan fingerprint density at radius 1 is 0.950 bits per heavy atom. The predicted octanol–water partition coefficient (Wildman–Crippen LogP) is 5.10. The van der Waals surface area contributed by atoms with Crippen LogP contribution in [-0.4, -0.2) is 6.29 Å². The fourth-order valence-electron chi connectivity index (χ4n) is 1.87. The zero-order valence-electron chi connectivity index (χ0n) is 12.2. The Kier molecular flexibility index (Phi) is 7.74. The fourth-order valence-corrected chi connectivity index (χ4v) is 1.87. The maximum absolute atomic E-state index is 10.5. The van der Waals surface area contributed by atoms with Gasteiger partial charge in [-0.25, -0.2) is 0 Å². The monoisotopic (exact) mass is 266 g/mol. The molecule has 0 aliphatic heterocycles. The van der Waals surface area contributed by atoms with E-state index in [1.807, 2.05) is 68.5 Å². The minimum absolute atomic E-state index is 0.0798. The Morgan fingerprint density at radius 3 is 1.95 bits per heavy atom. The molecule has 0 aliphatic carbocycles. The summed E-state index contributed by atoms with van der Waals surface area (Å²) in [6.07, 6.45) is 6.01. The van der Waals surface area contributed by atoms with Crippen LogP contribution in [0, 0.1) is 0 Å². The smallest absolute Gasteiger partial charge is 0.127 e. The van der Waals surface area contributed by atoms with Crippen LogP contribution >= 0.6 is 0 Å². The van der Waals surface area contributed by atoms with Gasteiger partial charge < -0.3 is 4.79 Å². The summed E-state index contributed by atoms with van der Waals surface area (Å²) in [6.45, 7) is 4.04. The van der Waals surface area contributed by atoms with Gasteiger partial charge in [-0.1, -0.05) is 79.7 Å². The molecule has 1 heteroatoms. The van der Waals surface area contributed by atoms with Gasteiger partial charge in [-0.05, 0) is 24.5 Å². The Bertz CT molecular complexity index is 500. The lowest BCUT2D eigenvalue weighted by Gasteiger charge is -2.05. The minimum atomic E-state index is 0.0798. The average molecular weight is 266 g/mol. The van der Waals surface area contributed by atoms with Crippen LogP contribution in [0.1, 0.15) is 37.3 Å². The van der Waals surface area contributed by atoms with E-state index in [2.05, 4.69) is 18.2 Å². The largest absolute Gasteiger partial charge is 0.303 e. The summed E-state index contributed by atoms with van der Waals surface area (Å²) in [5.74, 6) is 0.0798. The summed E-state index contributed by atoms with van der Waals surface area (Å²) in [6, 6.07) is 20.1. The molecule has 0 radical (unpaired) electrons. The number of carbonyl (C=O) groups excluding carboxylic acids is 1. The lowest BCUT2D eigenvalue weighted by atomic mass is 9.98. The first-order valence-electron chi connectivity index (χ1n) is 6.99. The molecular weight excluding hydrogens is 244 g/mol. The van der Waals surface area contributed by atoms with Crippen molar-refractivity contribution in [3.05, 3.63) is 77.9 Å². The number of allylic oxidation sites excluding steroid dienone is 1. The zero-order chi connectivity index (χ0) is 14.6. The van der Waals surface area contributed by atoms with Gasteiger partial charge in [0, 0.05) is 5.92 Å². The molecule has 1 nitrogen and oxygen atoms in total. The van der Waals surface area contributed by atoms with E-state index >= 15 is 0 Å². The molecule has 2 aromatic carbocycles. The second-order valence-electron chi connectivity index (χ2n) is 4.47. The molecule has 0 bridgehead atoms. The maximum Gasteiger partial charge on any atom is 0.127 e. The van der Waals surface area contributed by atoms with Crippen LogP contribution in [0.15, 0.2) is 66.7 Å². The van der Waals surface area contributed by atoms with Gasteiger partial charge in [0.15, 0.2) is 0 Å². The van der Waals surface area contributed by atoms with Gasteiger partial charge >= 0.3 is 0 Å². The van der Waals surface area contributed by atoms with E-state index in [1.165, 1.54) is 5.56 Å². The van der Waals surface area contributed by atoms with E-state index in [0.29, 0.717) is 0 Å². The summed E-state index contributed by atoms with van der Waals surface area (Å²) in [5, 5.41) is 0. The van der Waals surface area contributed by atoms with Crippen molar-refractivity contribution in [1.29, 1.82) is 0 Å². The van der Waals surface area contributed by atoms with E-state index in [0.717, 1.165) is 18.3 Å². The van der Waals surface area contributed by atoms with Gasteiger partial charge in [0.25, 0.3) is 0 Å². The predicted molar refractivity (Wildman–Crippen MR) is 86.7 cm³/mol. The average Bonchev–Trinajstić information content (AvgIpc) is 2.52. The Hall–Kier alpha value is -2.15. The van der Waals surface area contributed by atoms with Crippen LogP contribution in [0.4, 0.5) is 0 Å². The molecule has 0 N–H and O–H groups in total. The van der Waals surface area contributed by atoms with Crippen LogP contribution in [0.3, 0.4) is 0 Å². The molecule has 20 heavy (non-hydrogen) atoms. The number of benzene rings is 2. The number of carbonyl (C=O) groups is 1. The van der Waals surface area contributed by atoms with E-state index in [1.54, 1.807) is 0 Å². The molecule has 2 aromatic rings. The van der Waals surface area contributed by atoms with Crippen LogP contribution in [0.25, 0.3) is 6.08 Å². The molecule has 0 spiro atoms. The molecule has 0 fully saturated rings. The standard InChI is InChI=1S/C10H12O.C9H10/c1-2-9(8-11)10-6-4-3-5-7-10;1-2-6-9-7-4-3-5-8-9/h3-9H,2H2,1H3;2-8H,1H3. The number of rotatable bonds is 4. The highest BCUT2D eigenvalue weighted by Crippen LogP contribution is 2.15. The highest BCUT2D eigenvalue weighted by molar-refractivity contribution is 5.61. The van der Waals surface area contributed by atoms with Crippen molar-refractivity contribution in [2.75, 3.05) is 0 Å². The summed E-state index contributed by atoms with van der Waals surface area (Å²) < 4.78 is 0. The summed E-state index contributed by atoms with van der Waals surface area (Å²) in [4.78, 5) is 10.5. The van der Waals surface area contributed by atoms with Crippen molar-refractivity contribution < 1.29 is 4.79 Å². The SMILES string of the molecule is CC=Cc1ccccc1.CCC(C=O)c1ccccc1. The molecule has 1 unspecified atom stereocenters. The van der Waals surface area contributed by atoms with Gasteiger partial charge in [0.2, 0.25) is 0 Å². The molecule has 104 valence electrons. The summed E-state index contributed by atoms with van der Waals surface area (Å²) in [5.41, 5.74) is 2.38. The Morgan fingerprint density at radius 2 is 1.50 bits per heavy atom. The molecule has 2 rings (SSSR count). The highest BCUT2D eigenvalue weighted by atomic mass is 16.1. The molecule has 0 aromatic heterocycles. The zero-order valence-corrected chi connectivity index (χ0v) is 12.2. The molecular formula is C19H22O. The van der Waals surface area contributed by atoms with Crippen molar-refractivity contribution in [3.8, 4) is 0 Å². The van der Waals surface area contributed by atoms with Crippen molar-refractivity contribution in [2.45, 2.75) is 26.2 Å². The first-order chi connectivity index (χ1) is 9.81. The van der Waals surface area contributed by atoms with Crippen LogP contribution in [-0.2, 0) is 4.79 Å². The lowest BCUT2D eigenvalue weighted by molar-refractivity contribution is -0.109. The third-order valence-corrected chi connectivity index (χ3v) is 2.99. The van der Waals surface area contributed by atoms with E-state index in [-0.39, 0.29) is 5.92 Å². The van der Waals surface area contributed by atoms with Gasteiger partial charge in [0.05, 0.1) is 0 Å². The van der Waals surface area contributed by atoms with E-state index < -0.39 is 0 Å². The van der Waals surface area contributed by atoms with Crippen molar-refractivity contribution in [1.82, 2.24) is 0 Å². The first kappa shape index (κ1) is 15.9. The molecule has 0 aliphatic rings. The quantitative estimate of drug-likeness (QED) is 0.704. The summed E-state index contributed by atoms with van der Waals surface area (Å²) >= 11 is 0. The second-order valence-corrected chi connectivity index (χ2v) is 4.47. The topological polar surface area (TPSA) is 17.1 Å². The van der Waals surface area contributed by atoms with Crippen molar-refractivity contribution in [3.63, 3.8) is 0 Å². The number of hydrogen-bond acceptors (Lipinski definition) is 1. The molecule has 0 amide bonds. The maximum atomic E-state index is 10.5. The van der Waals surface area contributed by atoms with Crippen molar-refractivity contribution in [2.24, 2.45) is 0 Å². The summed E-state index contributed by atoms with van der Waals surface area (Å²) in [7, 11) is 0. The molecule has 0 heterocycles. The normalized spacial score (nSPS) is 11.5. The van der Waals surface area contributed by atoms with Crippen LogP contribution < -0.4 is 0 Å². The highest BCUT2D eigenvalue weighted by Gasteiger charge is 2.04.